The van der Waals surface area contributed by atoms with Gasteiger partial charge < -0.3 is 10.2 Å². The van der Waals surface area contributed by atoms with Crippen molar-refractivity contribution in [1.82, 2.24) is 10.2 Å². The highest BCUT2D eigenvalue weighted by Crippen LogP contribution is 2.27. The van der Waals surface area contributed by atoms with E-state index in [1.807, 2.05) is 51.1 Å². The average Bonchev–Trinajstić information content (AvgIpc) is 2.87. The first-order valence-corrected chi connectivity index (χ1v) is 13.7. The number of nitrogens with one attached hydrogen (secondary N) is 1. The number of carbonyl (C=O) groups is 2. The maximum Gasteiger partial charge on any atom is 0.264 e. The van der Waals surface area contributed by atoms with Crippen LogP contribution in [0.3, 0.4) is 0 Å². The van der Waals surface area contributed by atoms with Gasteiger partial charge in [-0.25, -0.2) is 8.42 Å². The third-order valence-electron chi connectivity index (χ3n) is 6.07. The summed E-state index contributed by atoms with van der Waals surface area (Å²) in [6.07, 6.45) is 0. The Morgan fingerprint density at radius 1 is 0.838 bits per heavy atom. The summed E-state index contributed by atoms with van der Waals surface area (Å²) in [5.74, 6) is -0.779. The van der Waals surface area contributed by atoms with Gasteiger partial charge in [-0.2, -0.15) is 0 Å². The van der Waals surface area contributed by atoms with E-state index in [0.29, 0.717) is 11.3 Å². The molecule has 1 atom stereocenters. The molecule has 2 amide bonds. The Labute approximate surface area is 220 Å². The average molecular weight is 522 g/mol. The lowest BCUT2D eigenvalue weighted by Gasteiger charge is -2.32. The van der Waals surface area contributed by atoms with Crippen molar-refractivity contribution in [3.63, 3.8) is 0 Å². The molecule has 0 aliphatic heterocycles. The molecule has 0 aromatic heterocycles. The summed E-state index contributed by atoms with van der Waals surface area (Å²) in [5, 5.41) is 2.86. The van der Waals surface area contributed by atoms with Gasteiger partial charge in [-0.1, -0.05) is 66.2 Å². The third kappa shape index (κ3) is 6.98. The summed E-state index contributed by atoms with van der Waals surface area (Å²) in [4.78, 5) is 28.3. The first-order valence-electron chi connectivity index (χ1n) is 12.3. The summed E-state index contributed by atoms with van der Waals surface area (Å²) in [6, 6.07) is 21.9. The molecule has 0 spiro atoms. The Hall–Kier alpha value is -3.65. The summed E-state index contributed by atoms with van der Waals surface area (Å²) in [5.41, 5.74) is 3.04. The van der Waals surface area contributed by atoms with Crippen LogP contribution in [-0.2, 0) is 26.2 Å². The molecule has 0 unspecified atom stereocenters. The number of carbonyl (C=O) groups excluding carboxylic acids is 2. The fourth-order valence-corrected chi connectivity index (χ4v) is 5.45. The first kappa shape index (κ1) is 27.9. The minimum absolute atomic E-state index is 0.0849. The molecule has 0 aliphatic carbocycles. The quantitative estimate of drug-likeness (QED) is 0.427. The van der Waals surface area contributed by atoms with Crippen LogP contribution in [0.15, 0.2) is 83.8 Å². The molecular weight excluding hydrogens is 486 g/mol. The Kier molecular flexibility index (Phi) is 9.10. The normalized spacial score (nSPS) is 12.2. The third-order valence-corrected chi connectivity index (χ3v) is 7.84. The van der Waals surface area contributed by atoms with E-state index in [2.05, 4.69) is 5.32 Å². The van der Waals surface area contributed by atoms with E-state index in [1.54, 1.807) is 50.2 Å². The van der Waals surface area contributed by atoms with Crippen molar-refractivity contribution in [3.8, 4) is 0 Å². The number of anilines is 1. The fourth-order valence-electron chi connectivity index (χ4n) is 3.95. The molecule has 0 bridgehead atoms. The van der Waals surface area contributed by atoms with Crippen LogP contribution in [0.2, 0.25) is 0 Å². The summed E-state index contributed by atoms with van der Waals surface area (Å²) >= 11 is 0. The second-order valence-electron chi connectivity index (χ2n) is 9.46. The van der Waals surface area contributed by atoms with Crippen LogP contribution in [0, 0.1) is 13.8 Å². The van der Waals surface area contributed by atoms with E-state index in [1.165, 1.54) is 17.0 Å². The van der Waals surface area contributed by atoms with Crippen molar-refractivity contribution in [3.05, 3.63) is 95.6 Å². The number of nitrogens with zero attached hydrogens (tertiary/aromatic N) is 2. The Morgan fingerprint density at radius 2 is 1.43 bits per heavy atom. The summed E-state index contributed by atoms with van der Waals surface area (Å²) in [6.45, 7) is 8.85. The molecule has 0 heterocycles. The molecule has 196 valence electrons. The van der Waals surface area contributed by atoms with Gasteiger partial charge in [0, 0.05) is 12.6 Å². The lowest BCUT2D eigenvalue weighted by atomic mass is 10.1. The van der Waals surface area contributed by atoms with Crippen LogP contribution in [0.5, 0.6) is 0 Å². The molecule has 3 aromatic carbocycles. The van der Waals surface area contributed by atoms with Crippen LogP contribution in [0.25, 0.3) is 0 Å². The number of aryl methyl sites for hydroxylation is 2. The van der Waals surface area contributed by atoms with Gasteiger partial charge in [0.05, 0.1) is 10.6 Å². The number of hydrogen-bond acceptors (Lipinski definition) is 4. The maximum atomic E-state index is 13.9. The highest BCUT2D eigenvalue weighted by atomic mass is 32.2. The van der Waals surface area contributed by atoms with Crippen LogP contribution in [0.1, 0.15) is 37.5 Å². The monoisotopic (exact) mass is 521 g/mol. The second-order valence-corrected chi connectivity index (χ2v) is 11.3. The molecule has 3 aromatic rings. The number of benzene rings is 3. The lowest BCUT2D eigenvalue weighted by molar-refractivity contribution is -0.139. The Balaban J connectivity index is 2.02. The van der Waals surface area contributed by atoms with Crippen LogP contribution in [-0.4, -0.2) is 43.8 Å². The van der Waals surface area contributed by atoms with Gasteiger partial charge in [-0.15, -0.1) is 0 Å². The zero-order chi connectivity index (χ0) is 27.2. The van der Waals surface area contributed by atoms with Gasteiger partial charge in [-0.05, 0) is 63.9 Å². The highest BCUT2D eigenvalue weighted by molar-refractivity contribution is 7.92. The van der Waals surface area contributed by atoms with E-state index in [9.17, 15) is 18.0 Å². The number of hydrogen-bond donors (Lipinski definition) is 1. The predicted octanol–water partition coefficient (Wildman–Crippen LogP) is 4.44. The van der Waals surface area contributed by atoms with Crippen molar-refractivity contribution in [2.24, 2.45) is 0 Å². The summed E-state index contributed by atoms with van der Waals surface area (Å²) < 4.78 is 28.7. The SMILES string of the molecule is Cc1ccc(CN(C(=O)CN(c2ccccc2C)S(=O)(=O)c2ccccc2)[C@H](C)C(=O)NC(C)C)cc1. The number of sulfonamides is 1. The molecule has 0 radical (unpaired) electrons. The van der Waals surface area contributed by atoms with Crippen molar-refractivity contribution < 1.29 is 18.0 Å². The summed E-state index contributed by atoms with van der Waals surface area (Å²) in [7, 11) is -4.06. The van der Waals surface area contributed by atoms with E-state index in [0.717, 1.165) is 15.4 Å². The van der Waals surface area contributed by atoms with Gasteiger partial charge in [0.2, 0.25) is 11.8 Å². The minimum atomic E-state index is -4.06. The molecule has 3 rings (SSSR count). The second kappa shape index (κ2) is 12.1. The fraction of sp³-hybridized carbons (Fsp3) is 0.310. The standard InChI is InChI=1S/C29H35N3O4S/c1-21(2)30-29(34)24(5)31(19-25-17-15-22(3)16-18-25)28(33)20-32(27-14-10-9-11-23(27)4)37(35,36)26-12-7-6-8-13-26/h6-18,21,24H,19-20H2,1-5H3,(H,30,34)/t24-/m1/s1. The predicted molar refractivity (Wildman–Crippen MR) is 147 cm³/mol. The molecule has 8 heteroatoms. The lowest BCUT2D eigenvalue weighted by Crippen LogP contribution is -2.52. The van der Waals surface area contributed by atoms with E-state index >= 15 is 0 Å². The Morgan fingerprint density at radius 3 is 2.03 bits per heavy atom. The Bertz CT molecular complexity index is 1320. The molecule has 0 saturated carbocycles. The zero-order valence-corrected chi connectivity index (χ0v) is 22.8. The van der Waals surface area contributed by atoms with Crippen molar-refractivity contribution in [2.45, 2.75) is 58.1 Å². The maximum absolute atomic E-state index is 13.9. The smallest absolute Gasteiger partial charge is 0.264 e. The van der Waals surface area contributed by atoms with Gasteiger partial charge in [0.15, 0.2) is 0 Å². The molecule has 0 saturated heterocycles. The number of rotatable bonds is 10. The van der Waals surface area contributed by atoms with Crippen LogP contribution < -0.4 is 9.62 Å². The van der Waals surface area contributed by atoms with Gasteiger partial charge in [0.1, 0.15) is 12.6 Å². The van der Waals surface area contributed by atoms with E-state index in [-0.39, 0.29) is 23.4 Å². The largest absolute Gasteiger partial charge is 0.352 e. The highest BCUT2D eigenvalue weighted by Gasteiger charge is 2.33. The molecule has 37 heavy (non-hydrogen) atoms. The van der Waals surface area contributed by atoms with Crippen molar-refractivity contribution in [2.75, 3.05) is 10.8 Å². The van der Waals surface area contributed by atoms with Gasteiger partial charge >= 0.3 is 0 Å². The zero-order valence-electron chi connectivity index (χ0n) is 22.0. The van der Waals surface area contributed by atoms with Gasteiger partial charge in [-0.3, -0.25) is 13.9 Å². The molecule has 0 aliphatic rings. The molecule has 0 fully saturated rings. The van der Waals surface area contributed by atoms with Crippen LogP contribution >= 0.6 is 0 Å². The number of amides is 2. The van der Waals surface area contributed by atoms with E-state index in [4.69, 9.17) is 0 Å². The van der Waals surface area contributed by atoms with Crippen molar-refractivity contribution in [1.29, 1.82) is 0 Å². The van der Waals surface area contributed by atoms with E-state index < -0.39 is 28.5 Å². The molecule has 7 nitrogen and oxygen atoms in total. The first-order chi connectivity index (χ1) is 17.5. The number of para-hydroxylation sites is 1. The van der Waals surface area contributed by atoms with Gasteiger partial charge in [0.25, 0.3) is 10.0 Å². The molecule has 1 N–H and O–H groups in total. The van der Waals surface area contributed by atoms with Crippen LogP contribution in [0.4, 0.5) is 5.69 Å². The minimum Gasteiger partial charge on any atom is -0.352 e. The van der Waals surface area contributed by atoms with Crippen molar-refractivity contribution >= 4 is 27.5 Å². The topological polar surface area (TPSA) is 86.8 Å². The molecular formula is C29H35N3O4S.